The molecule has 7 heteroatoms. The molecule has 0 bridgehead atoms. The summed E-state index contributed by atoms with van der Waals surface area (Å²) in [5, 5.41) is 13.1. The minimum atomic E-state index is -0.382. The molecule has 1 aliphatic rings. The molecule has 0 aliphatic heterocycles. The number of hydrogen-bond acceptors (Lipinski definition) is 5. The van der Waals surface area contributed by atoms with Crippen LogP contribution in [0.2, 0.25) is 0 Å². The number of amides is 1. The summed E-state index contributed by atoms with van der Waals surface area (Å²) in [4.78, 5) is 12.3. The van der Waals surface area contributed by atoms with Gasteiger partial charge in [-0.25, -0.2) is 0 Å². The maximum Gasteiger partial charge on any atom is 0.225 e. The summed E-state index contributed by atoms with van der Waals surface area (Å²) in [6, 6.07) is 0. The van der Waals surface area contributed by atoms with E-state index in [1.54, 1.807) is 11.3 Å². The van der Waals surface area contributed by atoms with Gasteiger partial charge in [0.25, 0.3) is 0 Å². The van der Waals surface area contributed by atoms with Crippen LogP contribution < -0.4 is 11.1 Å². The Morgan fingerprint density at radius 3 is 2.76 bits per heavy atom. The first kappa shape index (κ1) is 18.3. The van der Waals surface area contributed by atoms with E-state index in [0.717, 1.165) is 35.7 Å². The van der Waals surface area contributed by atoms with Crippen LogP contribution in [0.3, 0.4) is 0 Å². The molecule has 1 saturated carbocycles. The van der Waals surface area contributed by atoms with E-state index in [4.69, 9.17) is 5.73 Å². The third kappa shape index (κ3) is 4.63. The number of nitrogens with one attached hydrogen (secondary N) is 1. The molecule has 0 aromatic carbocycles. The van der Waals surface area contributed by atoms with Crippen molar-refractivity contribution in [3.63, 3.8) is 0 Å². The molecule has 2 unspecified atom stereocenters. The van der Waals surface area contributed by atoms with Gasteiger partial charge in [0.2, 0.25) is 5.91 Å². The van der Waals surface area contributed by atoms with Crippen LogP contribution in [0, 0.1) is 5.92 Å². The lowest BCUT2D eigenvalue weighted by Gasteiger charge is -2.37. The van der Waals surface area contributed by atoms with Gasteiger partial charge in [-0.2, -0.15) is 0 Å². The van der Waals surface area contributed by atoms with Crippen molar-refractivity contribution in [3.05, 3.63) is 10.0 Å². The van der Waals surface area contributed by atoms with Crippen molar-refractivity contribution in [2.75, 3.05) is 0 Å². The summed E-state index contributed by atoms with van der Waals surface area (Å²) in [6.07, 6.45) is 4.00. The van der Waals surface area contributed by atoms with E-state index in [-0.39, 0.29) is 29.8 Å². The molecule has 5 nitrogen and oxygen atoms in total. The first-order chi connectivity index (χ1) is 9.40. The summed E-state index contributed by atoms with van der Waals surface area (Å²) < 4.78 is 0. The maximum atomic E-state index is 12.3. The van der Waals surface area contributed by atoms with Gasteiger partial charge >= 0.3 is 0 Å². The first-order valence-electron chi connectivity index (χ1n) is 7.29. The summed E-state index contributed by atoms with van der Waals surface area (Å²) in [5.74, 6) is 0.340. The summed E-state index contributed by atoms with van der Waals surface area (Å²) >= 11 is 1.56. The van der Waals surface area contributed by atoms with Crippen LogP contribution in [0.5, 0.6) is 0 Å². The fourth-order valence-corrected chi connectivity index (χ4v) is 3.43. The third-order valence-electron chi connectivity index (χ3n) is 3.96. The fraction of sp³-hybridized carbons (Fsp3) is 0.786. The van der Waals surface area contributed by atoms with Crippen molar-refractivity contribution in [1.29, 1.82) is 0 Å². The molecule has 1 fully saturated rings. The SMILES string of the molecule is CC(C)c1nnc(CNC(=O)C2CCCCC2(C)N)s1.Cl. The summed E-state index contributed by atoms with van der Waals surface area (Å²) in [6.45, 7) is 6.61. The molecule has 1 aliphatic carbocycles. The van der Waals surface area contributed by atoms with E-state index in [0.29, 0.717) is 12.5 Å². The highest BCUT2D eigenvalue weighted by atomic mass is 35.5. The molecule has 0 radical (unpaired) electrons. The minimum absolute atomic E-state index is 0. The van der Waals surface area contributed by atoms with Crippen LogP contribution in [0.4, 0.5) is 0 Å². The van der Waals surface area contributed by atoms with Crippen molar-refractivity contribution in [2.24, 2.45) is 11.7 Å². The van der Waals surface area contributed by atoms with E-state index in [2.05, 4.69) is 29.4 Å². The lowest BCUT2D eigenvalue weighted by molar-refractivity contribution is -0.128. The standard InChI is InChI=1S/C14H24N4OS.ClH/c1-9(2)13-18-17-11(20-13)8-16-12(19)10-6-4-5-7-14(10,3)15;/h9-10H,4-8,15H2,1-3H3,(H,16,19);1H. The monoisotopic (exact) mass is 332 g/mol. The van der Waals surface area contributed by atoms with Crippen LogP contribution >= 0.6 is 23.7 Å². The second kappa shape index (κ2) is 7.51. The molecule has 1 heterocycles. The van der Waals surface area contributed by atoms with Gasteiger partial charge in [0.15, 0.2) is 0 Å². The Kier molecular flexibility index (Phi) is 6.56. The lowest BCUT2D eigenvalue weighted by atomic mass is 9.74. The van der Waals surface area contributed by atoms with Gasteiger partial charge in [0.1, 0.15) is 10.0 Å². The first-order valence-corrected chi connectivity index (χ1v) is 8.10. The van der Waals surface area contributed by atoms with Gasteiger partial charge in [0.05, 0.1) is 12.5 Å². The van der Waals surface area contributed by atoms with Crippen molar-refractivity contribution in [2.45, 2.75) is 64.5 Å². The van der Waals surface area contributed by atoms with E-state index in [1.165, 1.54) is 0 Å². The zero-order chi connectivity index (χ0) is 14.8. The van der Waals surface area contributed by atoms with Crippen LogP contribution in [-0.4, -0.2) is 21.6 Å². The van der Waals surface area contributed by atoms with E-state index < -0.39 is 0 Å². The smallest absolute Gasteiger partial charge is 0.225 e. The minimum Gasteiger partial charge on any atom is -0.349 e. The van der Waals surface area contributed by atoms with Gasteiger partial charge in [-0.05, 0) is 19.8 Å². The van der Waals surface area contributed by atoms with Crippen molar-refractivity contribution in [1.82, 2.24) is 15.5 Å². The molecule has 21 heavy (non-hydrogen) atoms. The average molecular weight is 333 g/mol. The zero-order valence-corrected chi connectivity index (χ0v) is 14.5. The van der Waals surface area contributed by atoms with Crippen LogP contribution in [0.1, 0.15) is 62.4 Å². The Morgan fingerprint density at radius 2 is 2.19 bits per heavy atom. The predicted octanol–water partition coefficient (Wildman–Crippen LogP) is 2.61. The summed E-state index contributed by atoms with van der Waals surface area (Å²) in [7, 11) is 0. The maximum absolute atomic E-state index is 12.3. The Bertz CT molecular complexity index is 475. The van der Waals surface area contributed by atoms with Crippen molar-refractivity contribution < 1.29 is 4.79 Å². The number of rotatable bonds is 4. The van der Waals surface area contributed by atoms with Crippen LogP contribution in [0.15, 0.2) is 0 Å². The largest absolute Gasteiger partial charge is 0.349 e. The van der Waals surface area contributed by atoms with E-state index in [1.807, 2.05) is 6.92 Å². The molecule has 0 saturated heterocycles. The second-order valence-electron chi connectivity index (χ2n) is 6.21. The molecule has 2 atom stereocenters. The normalized spacial score (nSPS) is 25.5. The number of aromatic nitrogens is 2. The highest BCUT2D eigenvalue weighted by Crippen LogP contribution is 2.31. The Morgan fingerprint density at radius 1 is 1.48 bits per heavy atom. The molecule has 0 spiro atoms. The number of nitrogens with zero attached hydrogens (tertiary/aromatic N) is 2. The third-order valence-corrected chi connectivity index (χ3v) is 5.18. The Hall–Kier alpha value is -0.720. The van der Waals surface area contributed by atoms with E-state index in [9.17, 15) is 4.79 Å². The molecule has 3 N–H and O–H groups in total. The summed E-state index contributed by atoms with van der Waals surface area (Å²) in [5.41, 5.74) is 5.87. The molecule has 1 aromatic heterocycles. The molecule has 1 aromatic rings. The van der Waals surface area contributed by atoms with Crippen LogP contribution in [0.25, 0.3) is 0 Å². The molecule has 1 amide bonds. The highest BCUT2D eigenvalue weighted by molar-refractivity contribution is 7.11. The Labute approximate surface area is 136 Å². The zero-order valence-electron chi connectivity index (χ0n) is 12.9. The van der Waals surface area contributed by atoms with Gasteiger partial charge in [-0.1, -0.05) is 38.0 Å². The van der Waals surface area contributed by atoms with Crippen LogP contribution in [-0.2, 0) is 11.3 Å². The second-order valence-corrected chi connectivity index (χ2v) is 7.30. The van der Waals surface area contributed by atoms with Gasteiger partial charge in [-0.3, -0.25) is 4.79 Å². The highest BCUT2D eigenvalue weighted by Gasteiger charge is 2.37. The number of hydrogen-bond donors (Lipinski definition) is 2. The molecule has 120 valence electrons. The van der Waals surface area contributed by atoms with Gasteiger partial charge in [0, 0.05) is 11.5 Å². The molecular weight excluding hydrogens is 308 g/mol. The van der Waals surface area contributed by atoms with Crippen molar-refractivity contribution >= 4 is 29.7 Å². The number of carbonyl (C=O) groups excluding carboxylic acids is 1. The van der Waals surface area contributed by atoms with Gasteiger partial charge < -0.3 is 11.1 Å². The lowest BCUT2D eigenvalue weighted by Crippen LogP contribution is -2.52. The Balaban J connectivity index is 0.00000220. The topological polar surface area (TPSA) is 80.9 Å². The average Bonchev–Trinajstić information content (AvgIpc) is 2.84. The molecule has 2 rings (SSSR count). The number of halogens is 1. The number of nitrogens with two attached hydrogens (primary N) is 1. The quantitative estimate of drug-likeness (QED) is 0.888. The number of carbonyl (C=O) groups is 1. The van der Waals surface area contributed by atoms with Crippen molar-refractivity contribution in [3.8, 4) is 0 Å². The van der Waals surface area contributed by atoms with Gasteiger partial charge in [-0.15, -0.1) is 22.6 Å². The van der Waals surface area contributed by atoms with E-state index >= 15 is 0 Å². The molecular formula is C14H25ClN4OS. The predicted molar refractivity (Wildman–Crippen MR) is 87.6 cm³/mol. The fourth-order valence-electron chi connectivity index (χ4n) is 2.65.